The minimum absolute atomic E-state index is 0.0185. The lowest BCUT2D eigenvalue weighted by molar-refractivity contribution is -0.123. The fourth-order valence-corrected chi connectivity index (χ4v) is 2.28. The van der Waals surface area contributed by atoms with E-state index in [2.05, 4.69) is 12.2 Å². The lowest BCUT2D eigenvalue weighted by atomic mass is 9.89. The molecule has 15 heavy (non-hydrogen) atoms. The average Bonchev–Trinajstić information content (AvgIpc) is 2.63. The van der Waals surface area contributed by atoms with Crippen molar-refractivity contribution in [2.75, 3.05) is 6.54 Å². The molecule has 0 aromatic rings. The molecule has 1 atom stereocenters. The predicted molar refractivity (Wildman–Crippen MR) is 62.5 cm³/mol. The molecule has 1 fully saturated rings. The van der Waals surface area contributed by atoms with E-state index in [9.17, 15) is 4.79 Å². The van der Waals surface area contributed by atoms with E-state index >= 15 is 0 Å². The standard InChI is InChI=1S/C12H24N2O/c1-3-6-10(13)11(15)14-9-12(2)7-4-5-8-12/h10H,3-9,13H2,1-2H3,(H,14,15). The van der Waals surface area contributed by atoms with Crippen molar-refractivity contribution in [3.05, 3.63) is 0 Å². The summed E-state index contributed by atoms with van der Waals surface area (Å²) in [7, 11) is 0. The van der Waals surface area contributed by atoms with Gasteiger partial charge >= 0.3 is 0 Å². The number of carbonyl (C=O) groups is 1. The van der Waals surface area contributed by atoms with Crippen LogP contribution in [-0.4, -0.2) is 18.5 Å². The first-order valence-electron chi connectivity index (χ1n) is 6.11. The van der Waals surface area contributed by atoms with Crippen molar-refractivity contribution < 1.29 is 4.79 Å². The summed E-state index contributed by atoms with van der Waals surface area (Å²) < 4.78 is 0. The van der Waals surface area contributed by atoms with Gasteiger partial charge in [0.05, 0.1) is 6.04 Å². The zero-order valence-corrected chi connectivity index (χ0v) is 10.0. The maximum absolute atomic E-state index is 11.6. The zero-order chi connectivity index (χ0) is 11.3. The van der Waals surface area contributed by atoms with Crippen LogP contribution in [-0.2, 0) is 4.79 Å². The molecule has 1 saturated carbocycles. The first-order valence-corrected chi connectivity index (χ1v) is 6.11. The predicted octanol–water partition coefficient (Wildman–Crippen LogP) is 1.81. The Morgan fingerprint density at radius 3 is 2.60 bits per heavy atom. The maximum Gasteiger partial charge on any atom is 0.236 e. The molecule has 1 aliphatic rings. The molecule has 88 valence electrons. The van der Waals surface area contributed by atoms with Gasteiger partial charge in [-0.3, -0.25) is 4.79 Å². The Balaban J connectivity index is 2.26. The lowest BCUT2D eigenvalue weighted by Crippen LogP contribution is -2.44. The minimum atomic E-state index is -0.319. The van der Waals surface area contributed by atoms with Gasteiger partial charge in [0.25, 0.3) is 0 Å². The van der Waals surface area contributed by atoms with Crippen LogP contribution in [0, 0.1) is 5.41 Å². The highest BCUT2D eigenvalue weighted by Crippen LogP contribution is 2.36. The van der Waals surface area contributed by atoms with Gasteiger partial charge in [-0.15, -0.1) is 0 Å². The van der Waals surface area contributed by atoms with E-state index in [1.54, 1.807) is 0 Å². The van der Waals surface area contributed by atoms with E-state index in [4.69, 9.17) is 5.73 Å². The average molecular weight is 212 g/mol. The van der Waals surface area contributed by atoms with Crippen LogP contribution in [0.4, 0.5) is 0 Å². The number of carbonyl (C=O) groups excluding carboxylic acids is 1. The summed E-state index contributed by atoms with van der Waals surface area (Å²) in [6, 6.07) is -0.319. The van der Waals surface area contributed by atoms with Crippen LogP contribution in [0.2, 0.25) is 0 Å². The Kier molecular flexibility index (Phi) is 4.58. The van der Waals surface area contributed by atoms with E-state index in [-0.39, 0.29) is 11.9 Å². The van der Waals surface area contributed by atoms with Gasteiger partial charge in [-0.05, 0) is 24.7 Å². The molecule has 3 heteroatoms. The quantitative estimate of drug-likeness (QED) is 0.730. The van der Waals surface area contributed by atoms with Crippen molar-refractivity contribution in [2.24, 2.45) is 11.1 Å². The topological polar surface area (TPSA) is 55.1 Å². The van der Waals surface area contributed by atoms with Crippen LogP contribution in [0.1, 0.15) is 52.4 Å². The molecule has 0 spiro atoms. The largest absolute Gasteiger partial charge is 0.354 e. The third-order valence-electron chi connectivity index (χ3n) is 3.44. The summed E-state index contributed by atoms with van der Waals surface area (Å²) in [6.45, 7) is 5.10. The molecule has 1 aliphatic carbocycles. The Labute approximate surface area is 92.8 Å². The third kappa shape index (κ3) is 3.82. The van der Waals surface area contributed by atoms with Gasteiger partial charge in [-0.25, -0.2) is 0 Å². The van der Waals surface area contributed by atoms with Crippen molar-refractivity contribution in [3.8, 4) is 0 Å². The SMILES string of the molecule is CCCC(N)C(=O)NCC1(C)CCCC1. The van der Waals surface area contributed by atoms with Crippen molar-refractivity contribution in [1.29, 1.82) is 0 Å². The van der Waals surface area contributed by atoms with Gasteiger partial charge in [-0.1, -0.05) is 33.1 Å². The first kappa shape index (κ1) is 12.5. The van der Waals surface area contributed by atoms with E-state index in [1.165, 1.54) is 25.7 Å². The second-order valence-corrected chi connectivity index (χ2v) is 5.13. The molecule has 0 radical (unpaired) electrons. The van der Waals surface area contributed by atoms with E-state index < -0.39 is 0 Å². The van der Waals surface area contributed by atoms with Gasteiger partial charge in [-0.2, -0.15) is 0 Å². The van der Waals surface area contributed by atoms with E-state index in [0.717, 1.165) is 19.4 Å². The van der Waals surface area contributed by atoms with Gasteiger partial charge in [0.15, 0.2) is 0 Å². The van der Waals surface area contributed by atoms with Crippen LogP contribution >= 0.6 is 0 Å². The second-order valence-electron chi connectivity index (χ2n) is 5.13. The fourth-order valence-electron chi connectivity index (χ4n) is 2.28. The van der Waals surface area contributed by atoms with Gasteiger partial charge in [0, 0.05) is 6.54 Å². The van der Waals surface area contributed by atoms with Crippen molar-refractivity contribution in [1.82, 2.24) is 5.32 Å². The summed E-state index contributed by atoms with van der Waals surface area (Å²) in [4.78, 5) is 11.6. The molecule has 3 N–H and O–H groups in total. The molecule has 3 nitrogen and oxygen atoms in total. The summed E-state index contributed by atoms with van der Waals surface area (Å²) in [5.74, 6) is 0.0185. The van der Waals surface area contributed by atoms with E-state index in [0.29, 0.717) is 5.41 Å². The van der Waals surface area contributed by atoms with Gasteiger partial charge in [0.2, 0.25) is 5.91 Å². The number of nitrogens with one attached hydrogen (secondary N) is 1. The molecule has 0 aliphatic heterocycles. The molecule has 1 unspecified atom stereocenters. The summed E-state index contributed by atoms with van der Waals surface area (Å²) >= 11 is 0. The van der Waals surface area contributed by atoms with Crippen molar-refractivity contribution in [3.63, 3.8) is 0 Å². The maximum atomic E-state index is 11.6. The Morgan fingerprint density at radius 2 is 2.07 bits per heavy atom. The number of hydrogen-bond donors (Lipinski definition) is 2. The Morgan fingerprint density at radius 1 is 1.47 bits per heavy atom. The van der Waals surface area contributed by atoms with Crippen molar-refractivity contribution >= 4 is 5.91 Å². The van der Waals surface area contributed by atoms with Gasteiger partial charge in [0.1, 0.15) is 0 Å². The Hall–Kier alpha value is -0.570. The summed E-state index contributed by atoms with van der Waals surface area (Å²) in [6.07, 6.45) is 6.81. The van der Waals surface area contributed by atoms with Crippen LogP contribution < -0.4 is 11.1 Å². The molecular weight excluding hydrogens is 188 g/mol. The zero-order valence-electron chi connectivity index (χ0n) is 10.0. The highest BCUT2D eigenvalue weighted by atomic mass is 16.2. The number of nitrogens with two attached hydrogens (primary N) is 1. The molecule has 0 aromatic heterocycles. The molecular formula is C12H24N2O. The van der Waals surface area contributed by atoms with Crippen LogP contribution in [0.3, 0.4) is 0 Å². The first-order chi connectivity index (χ1) is 7.07. The highest BCUT2D eigenvalue weighted by molar-refractivity contribution is 5.81. The minimum Gasteiger partial charge on any atom is -0.354 e. The Bertz CT molecular complexity index is 210. The summed E-state index contributed by atoms with van der Waals surface area (Å²) in [5, 5.41) is 2.99. The molecule has 0 heterocycles. The van der Waals surface area contributed by atoms with Gasteiger partial charge < -0.3 is 11.1 Å². The molecule has 0 bridgehead atoms. The van der Waals surface area contributed by atoms with E-state index in [1.807, 2.05) is 6.92 Å². The number of hydrogen-bond acceptors (Lipinski definition) is 2. The third-order valence-corrected chi connectivity index (χ3v) is 3.44. The summed E-state index contributed by atoms with van der Waals surface area (Å²) in [5.41, 5.74) is 6.06. The smallest absolute Gasteiger partial charge is 0.236 e. The fraction of sp³-hybridized carbons (Fsp3) is 0.917. The van der Waals surface area contributed by atoms with Crippen molar-refractivity contribution in [2.45, 2.75) is 58.4 Å². The molecule has 0 aromatic carbocycles. The monoisotopic (exact) mass is 212 g/mol. The second kappa shape index (κ2) is 5.50. The van der Waals surface area contributed by atoms with Crippen LogP contribution in [0.25, 0.3) is 0 Å². The number of rotatable bonds is 5. The van der Waals surface area contributed by atoms with Crippen LogP contribution in [0.5, 0.6) is 0 Å². The lowest BCUT2D eigenvalue weighted by Gasteiger charge is -2.24. The normalized spacial score (nSPS) is 21.3. The highest BCUT2D eigenvalue weighted by Gasteiger charge is 2.29. The number of amides is 1. The molecule has 0 saturated heterocycles. The molecule has 1 rings (SSSR count). The van der Waals surface area contributed by atoms with Crippen LogP contribution in [0.15, 0.2) is 0 Å². The molecule has 1 amide bonds.